The Bertz CT molecular complexity index is 1940. The van der Waals surface area contributed by atoms with Crippen molar-refractivity contribution in [3.05, 3.63) is 60.3 Å². The number of benzene rings is 2. The highest BCUT2D eigenvalue weighted by Crippen LogP contribution is 2.35. The Kier molecular flexibility index (Phi) is 9.35. The number of rotatable bonds is 10. The smallest absolute Gasteiger partial charge is 0.319 e. The molecule has 2 aromatic carbocycles. The quantitative estimate of drug-likeness (QED) is 0.254. The van der Waals surface area contributed by atoms with E-state index < -0.39 is 26.6 Å². The Hall–Kier alpha value is -4.65. The zero-order valence-corrected chi connectivity index (χ0v) is 26.7. The number of nitrogens with zero attached hydrogens (tertiary/aromatic N) is 6. The van der Waals surface area contributed by atoms with E-state index in [1.807, 2.05) is 18.2 Å². The van der Waals surface area contributed by atoms with Crippen LogP contribution in [0.5, 0.6) is 11.9 Å². The molecule has 15 heteroatoms. The number of fused-ring (bicyclic) bond motifs is 1. The summed E-state index contributed by atoms with van der Waals surface area (Å²) in [6.07, 6.45) is 4.03. The second-order valence-electron chi connectivity index (χ2n) is 11.6. The lowest BCUT2D eigenvalue weighted by atomic mass is 10.0. The van der Waals surface area contributed by atoms with Crippen LogP contribution in [0.15, 0.2) is 53.6 Å². The number of ether oxygens (including phenoxy) is 2. The van der Waals surface area contributed by atoms with E-state index in [2.05, 4.69) is 37.9 Å². The standard InChI is InChI=1S/C32H34F2N8O4S/c1-41-12-3-4-24(41)19-46-32-38-27-7-5-20(14-25(27)30(39-32)42-13-11-36-23(18-42)9-10-35)21-15-28(31(45-2)37-17-21)40-47(43,44)29-8-6-22(33)16-26(29)34/h5-8,14-17,23-24,36,40H,3-4,9,11-13,18-19H2,1-2H3/t23-,24-/m0/s1. The molecule has 0 saturated carbocycles. The maximum absolute atomic E-state index is 14.4. The molecule has 4 heterocycles. The first-order chi connectivity index (χ1) is 22.6. The number of likely N-dealkylation sites (tertiary alicyclic amines) is 1. The number of hydrogen-bond acceptors (Lipinski definition) is 11. The first-order valence-corrected chi connectivity index (χ1v) is 16.7. The third-order valence-electron chi connectivity index (χ3n) is 8.43. The van der Waals surface area contributed by atoms with Crippen LogP contribution in [-0.4, -0.2) is 87.3 Å². The maximum Gasteiger partial charge on any atom is 0.319 e. The van der Waals surface area contributed by atoms with Crippen LogP contribution in [0.1, 0.15) is 19.3 Å². The van der Waals surface area contributed by atoms with Gasteiger partial charge in [-0.3, -0.25) is 4.72 Å². The lowest BCUT2D eigenvalue weighted by Gasteiger charge is -2.34. The predicted molar refractivity (Wildman–Crippen MR) is 172 cm³/mol. The molecule has 6 rings (SSSR count). The fraction of sp³-hybridized carbons (Fsp3) is 0.375. The average molecular weight is 665 g/mol. The van der Waals surface area contributed by atoms with Gasteiger partial charge in [-0.1, -0.05) is 6.07 Å². The van der Waals surface area contributed by atoms with E-state index in [1.54, 1.807) is 0 Å². The topological polar surface area (TPSA) is 146 Å². The van der Waals surface area contributed by atoms with Crippen LogP contribution in [0.2, 0.25) is 0 Å². The fourth-order valence-corrected chi connectivity index (χ4v) is 7.05. The summed E-state index contributed by atoms with van der Waals surface area (Å²) in [6.45, 7) is 3.37. The van der Waals surface area contributed by atoms with E-state index >= 15 is 0 Å². The summed E-state index contributed by atoms with van der Waals surface area (Å²) >= 11 is 0. The van der Waals surface area contributed by atoms with E-state index in [0.29, 0.717) is 61.2 Å². The SMILES string of the molecule is COc1ncc(-c2ccc3nc(OC[C@@H]4CCCN4C)nc(N4CCN[C@@H](CC#N)C4)c3c2)cc1NS(=O)(=O)c1ccc(F)cc1F. The van der Waals surface area contributed by atoms with Gasteiger partial charge in [0.15, 0.2) is 0 Å². The zero-order chi connectivity index (χ0) is 33.1. The highest BCUT2D eigenvalue weighted by Gasteiger charge is 2.26. The van der Waals surface area contributed by atoms with Gasteiger partial charge in [-0.15, -0.1) is 0 Å². The number of likely N-dealkylation sites (N-methyl/N-ethyl adjacent to an activating group) is 1. The number of nitrogens with one attached hydrogen (secondary N) is 2. The van der Waals surface area contributed by atoms with Crippen molar-refractivity contribution in [1.29, 1.82) is 5.26 Å². The second kappa shape index (κ2) is 13.6. The molecular formula is C32H34F2N8O4S. The number of halogens is 2. The maximum atomic E-state index is 14.4. The Morgan fingerprint density at radius 3 is 2.72 bits per heavy atom. The van der Waals surface area contributed by atoms with Gasteiger partial charge in [-0.05, 0) is 62.3 Å². The minimum atomic E-state index is -4.46. The van der Waals surface area contributed by atoms with Gasteiger partial charge in [0.05, 0.1) is 25.1 Å². The summed E-state index contributed by atoms with van der Waals surface area (Å²) in [4.78, 5) is 17.5. The minimum Gasteiger partial charge on any atom is -0.480 e. The summed E-state index contributed by atoms with van der Waals surface area (Å²) in [5.41, 5.74) is 1.82. The van der Waals surface area contributed by atoms with Crippen molar-refractivity contribution in [3.8, 4) is 29.1 Å². The average Bonchev–Trinajstić information content (AvgIpc) is 3.47. The lowest BCUT2D eigenvalue weighted by Crippen LogP contribution is -2.51. The molecule has 2 N–H and O–H groups in total. The molecule has 246 valence electrons. The van der Waals surface area contributed by atoms with Crippen molar-refractivity contribution < 1.29 is 26.7 Å². The van der Waals surface area contributed by atoms with Crippen LogP contribution < -0.4 is 24.4 Å². The number of piperazine rings is 1. The molecule has 47 heavy (non-hydrogen) atoms. The van der Waals surface area contributed by atoms with E-state index in [9.17, 15) is 22.5 Å². The summed E-state index contributed by atoms with van der Waals surface area (Å²) < 4.78 is 67.8. The van der Waals surface area contributed by atoms with E-state index in [4.69, 9.17) is 19.4 Å². The Morgan fingerprint density at radius 2 is 1.98 bits per heavy atom. The predicted octanol–water partition coefficient (Wildman–Crippen LogP) is 3.94. The second-order valence-corrected chi connectivity index (χ2v) is 13.2. The Labute approximate surface area is 271 Å². The molecular weight excluding hydrogens is 630 g/mol. The zero-order valence-electron chi connectivity index (χ0n) is 25.9. The summed E-state index contributed by atoms with van der Waals surface area (Å²) in [6, 6.07) is 12.0. The van der Waals surface area contributed by atoms with Crippen LogP contribution in [-0.2, 0) is 10.0 Å². The highest BCUT2D eigenvalue weighted by molar-refractivity contribution is 7.92. The minimum absolute atomic E-state index is 0.0348. The molecule has 0 unspecified atom stereocenters. The molecule has 2 aliphatic heterocycles. The number of methoxy groups -OCH3 is 1. The first-order valence-electron chi connectivity index (χ1n) is 15.2. The van der Waals surface area contributed by atoms with Crippen molar-refractivity contribution in [1.82, 2.24) is 25.2 Å². The van der Waals surface area contributed by atoms with E-state index in [1.165, 1.54) is 19.4 Å². The molecule has 2 atom stereocenters. The number of sulfonamides is 1. The van der Waals surface area contributed by atoms with Crippen LogP contribution in [0.4, 0.5) is 20.3 Å². The van der Waals surface area contributed by atoms with Gasteiger partial charge < -0.3 is 24.6 Å². The molecule has 0 spiro atoms. The van der Waals surface area contributed by atoms with Gasteiger partial charge in [0.2, 0.25) is 5.88 Å². The molecule has 2 aromatic heterocycles. The molecule has 2 aliphatic rings. The third-order valence-corrected chi connectivity index (χ3v) is 9.83. The lowest BCUT2D eigenvalue weighted by molar-refractivity contribution is 0.188. The summed E-state index contributed by atoms with van der Waals surface area (Å²) in [7, 11) is -1.05. The van der Waals surface area contributed by atoms with E-state index in [0.717, 1.165) is 36.9 Å². The largest absolute Gasteiger partial charge is 0.480 e. The molecule has 2 saturated heterocycles. The van der Waals surface area contributed by atoms with Gasteiger partial charge in [-0.2, -0.15) is 15.2 Å². The number of nitriles is 1. The van der Waals surface area contributed by atoms with Crippen molar-refractivity contribution in [2.45, 2.75) is 36.2 Å². The molecule has 12 nitrogen and oxygen atoms in total. The van der Waals surface area contributed by atoms with Crippen molar-refractivity contribution in [3.63, 3.8) is 0 Å². The number of pyridine rings is 1. The Balaban J connectivity index is 1.37. The summed E-state index contributed by atoms with van der Waals surface area (Å²) in [5, 5.41) is 13.4. The molecule has 0 amide bonds. The number of aromatic nitrogens is 3. The van der Waals surface area contributed by atoms with Crippen LogP contribution >= 0.6 is 0 Å². The van der Waals surface area contributed by atoms with Gasteiger partial charge in [0.1, 0.15) is 34.6 Å². The molecule has 0 aliphatic carbocycles. The van der Waals surface area contributed by atoms with E-state index in [-0.39, 0.29) is 29.7 Å². The molecule has 4 aromatic rings. The Morgan fingerprint density at radius 1 is 1.13 bits per heavy atom. The first kappa shape index (κ1) is 32.3. The van der Waals surface area contributed by atoms with Crippen molar-refractivity contribution >= 4 is 32.4 Å². The van der Waals surface area contributed by atoms with Gasteiger partial charge >= 0.3 is 6.01 Å². The number of anilines is 2. The van der Waals surface area contributed by atoms with Gasteiger partial charge in [0.25, 0.3) is 10.0 Å². The monoisotopic (exact) mass is 664 g/mol. The van der Waals surface area contributed by atoms with Gasteiger partial charge in [0, 0.05) is 54.9 Å². The highest BCUT2D eigenvalue weighted by atomic mass is 32.2. The fourth-order valence-electron chi connectivity index (χ4n) is 5.94. The van der Waals surface area contributed by atoms with Crippen LogP contribution in [0.25, 0.3) is 22.0 Å². The van der Waals surface area contributed by atoms with Crippen molar-refractivity contribution in [2.24, 2.45) is 0 Å². The molecule has 0 radical (unpaired) electrons. The van der Waals surface area contributed by atoms with Crippen LogP contribution in [0, 0.1) is 23.0 Å². The van der Waals surface area contributed by atoms with Crippen molar-refractivity contribution in [2.75, 3.05) is 56.6 Å². The van der Waals surface area contributed by atoms with Gasteiger partial charge in [-0.25, -0.2) is 22.2 Å². The molecule has 2 fully saturated rings. The summed E-state index contributed by atoms with van der Waals surface area (Å²) in [5.74, 6) is -1.51. The normalized spacial score (nSPS) is 18.7. The molecule has 0 bridgehead atoms. The third kappa shape index (κ3) is 7.04. The number of hydrogen-bond donors (Lipinski definition) is 2. The van der Waals surface area contributed by atoms with Crippen LogP contribution in [0.3, 0.4) is 0 Å².